The number of hydrogen-bond acceptors (Lipinski definition) is 4. The van der Waals surface area contributed by atoms with Gasteiger partial charge in [0.2, 0.25) is 11.8 Å². The third kappa shape index (κ3) is 8.03. The van der Waals surface area contributed by atoms with Crippen LogP contribution in [0.25, 0.3) is 0 Å². The summed E-state index contributed by atoms with van der Waals surface area (Å²) in [5.41, 5.74) is 1.11. The lowest BCUT2D eigenvalue weighted by molar-refractivity contribution is -0.145. The minimum Gasteiger partial charge on any atom is -0.444 e. The van der Waals surface area contributed by atoms with Gasteiger partial charge in [0, 0.05) is 12.1 Å². The fourth-order valence-corrected chi connectivity index (χ4v) is 4.37. The van der Waals surface area contributed by atoms with E-state index in [1.54, 1.807) is 32.6 Å². The first-order chi connectivity index (χ1) is 15.9. The molecule has 0 radical (unpaired) electrons. The summed E-state index contributed by atoms with van der Waals surface area (Å²) >= 11 is 0. The van der Waals surface area contributed by atoms with E-state index in [2.05, 4.69) is 10.6 Å². The second-order valence-corrected chi connectivity index (χ2v) is 10.5. The van der Waals surface area contributed by atoms with Gasteiger partial charge in [-0.1, -0.05) is 56.0 Å². The van der Waals surface area contributed by atoms with Gasteiger partial charge in [-0.2, -0.15) is 0 Å². The number of carbonyl (C=O) groups excluding carboxylic acids is 3. The van der Waals surface area contributed by atoms with Crippen LogP contribution in [0.5, 0.6) is 0 Å². The predicted molar refractivity (Wildman–Crippen MR) is 134 cm³/mol. The van der Waals surface area contributed by atoms with Crippen molar-refractivity contribution in [3.05, 3.63) is 35.4 Å². The molecule has 3 amide bonds. The van der Waals surface area contributed by atoms with Gasteiger partial charge in [0.1, 0.15) is 17.7 Å². The third-order valence-corrected chi connectivity index (χ3v) is 6.26. The van der Waals surface area contributed by atoms with Crippen molar-refractivity contribution in [1.82, 2.24) is 15.5 Å². The first kappa shape index (κ1) is 27.7. The molecule has 1 aliphatic carbocycles. The number of alkyl carbamates (subject to hydrolysis) is 1. The number of carbonyl (C=O) groups is 3. The van der Waals surface area contributed by atoms with E-state index in [9.17, 15) is 14.4 Å². The van der Waals surface area contributed by atoms with Crippen molar-refractivity contribution < 1.29 is 19.1 Å². The van der Waals surface area contributed by atoms with Gasteiger partial charge < -0.3 is 20.3 Å². The van der Waals surface area contributed by atoms with Gasteiger partial charge in [-0.3, -0.25) is 9.59 Å². The third-order valence-electron chi connectivity index (χ3n) is 6.26. The fraction of sp³-hybridized carbons (Fsp3) is 0.667. The summed E-state index contributed by atoms with van der Waals surface area (Å²) in [4.78, 5) is 41.4. The highest BCUT2D eigenvalue weighted by Crippen LogP contribution is 2.28. The zero-order valence-electron chi connectivity index (χ0n) is 21.9. The summed E-state index contributed by atoms with van der Waals surface area (Å²) in [5, 5.41) is 5.87. The average Bonchev–Trinajstić information content (AvgIpc) is 2.75. The Morgan fingerprint density at radius 3 is 2.32 bits per heavy atom. The first-order valence-electron chi connectivity index (χ1n) is 12.6. The standard InChI is InChI=1S/C27H43N3O4/c1-8-19(3)30(25(32)20(4)28-26(33)34-27(5,6)7)23(21-14-12-13-18(2)17-21)24(31)29-22-15-10-9-11-16-22/h12-14,17,19-20,22-23H,8-11,15-16H2,1-7H3,(H,28,33)(H,29,31). The molecule has 0 saturated heterocycles. The Hall–Kier alpha value is -2.57. The Kier molecular flexibility index (Phi) is 9.95. The molecule has 0 heterocycles. The lowest BCUT2D eigenvalue weighted by atomic mass is 9.94. The monoisotopic (exact) mass is 473 g/mol. The van der Waals surface area contributed by atoms with E-state index < -0.39 is 23.8 Å². The van der Waals surface area contributed by atoms with Gasteiger partial charge in [0.15, 0.2) is 0 Å². The second kappa shape index (κ2) is 12.2. The molecule has 1 aromatic carbocycles. The molecular formula is C27H43N3O4. The van der Waals surface area contributed by atoms with Gasteiger partial charge >= 0.3 is 6.09 Å². The lowest BCUT2D eigenvalue weighted by Crippen LogP contribution is -2.55. The van der Waals surface area contributed by atoms with E-state index in [1.807, 2.05) is 45.0 Å². The van der Waals surface area contributed by atoms with Crippen LogP contribution in [0.3, 0.4) is 0 Å². The summed E-state index contributed by atoms with van der Waals surface area (Å²) in [6.45, 7) is 12.9. The van der Waals surface area contributed by atoms with Crippen LogP contribution in [-0.4, -0.2) is 46.5 Å². The van der Waals surface area contributed by atoms with E-state index in [0.29, 0.717) is 6.42 Å². The van der Waals surface area contributed by atoms with Crippen LogP contribution < -0.4 is 10.6 Å². The van der Waals surface area contributed by atoms with Crippen LogP contribution in [0.4, 0.5) is 4.79 Å². The molecule has 1 fully saturated rings. The summed E-state index contributed by atoms with van der Waals surface area (Å²) < 4.78 is 5.33. The Morgan fingerprint density at radius 1 is 1.12 bits per heavy atom. The number of amides is 3. The highest BCUT2D eigenvalue weighted by Gasteiger charge is 2.37. The first-order valence-corrected chi connectivity index (χ1v) is 12.6. The number of benzene rings is 1. The molecule has 2 rings (SSSR count). The minimum atomic E-state index is -0.848. The molecule has 34 heavy (non-hydrogen) atoms. The minimum absolute atomic E-state index is 0.125. The van der Waals surface area contributed by atoms with E-state index >= 15 is 0 Å². The van der Waals surface area contributed by atoms with Crippen molar-refractivity contribution in [3.63, 3.8) is 0 Å². The fourth-order valence-electron chi connectivity index (χ4n) is 4.37. The molecule has 0 bridgehead atoms. The van der Waals surface area contributed by atoms with Crippen LogP contribution in [0.1, 0.15) is 97.2 Å². The summed E-state index contributed by atoms with van der Waals surface area (Å²) in [6, 6.07) is 6.02. The number of hydrogen-bond donors (Lipinski definition) is 2. The zero-order chi connectivity index (χ0) is 25.5. The maximum Gasteiger partial charge on any atom is 0.408 e. The molecule has 0 aliphatic heterocycles. The highest BCUT2D eigenvalue weighted by molar-refractivity contribution is 5.92. The maximum atomic E-state index is 13.7. The smallest absolute Gasteiger partial charge is 0.408 e. The van der Waals surface area contributed by atoms with E-state index in [1.165, 1.54) is 6.42 Å². The number of ether oxygens (including phenoxy) is 1. The molecule has 3 atom stereocenters. The van der Waals surface area contributed by atoms with Gasteiger partial charge in [0.05, 0.1) is 0 Å². The molecule has 7 heteroatoms. The molecule has 0 spiro atoms. The SMILES string of the molecule is CCC(C)N(C(=O)C(C)NC(=O)OC(C)(C)C)C(C(=O)NC1CCCCC1)c1cccc(C)c1. The molecule has 1 aliphatic rings. The average molecular weight is 474 g/mol. The van der Waals surface area contributed by atoms with Crippen molar-refractivity contribution >= 4 is 17.9 Å². The summed E-state index contributed by atoms with van der Waals surface area (Å²) in [6.07, 6.45) is 5.33. The summed E-state index contributed by atoms with van der Waals surface area (Å²) in [5.74, 6) is -0.485. The molecule has 1 saturated carbocycles. The van der Waals surface area contributed by atoms with Crippen LogP contribution in [0.15, 0.2) is 24.3 Å². The van der Waals surface area contributed by atoms with Crippen molar-refractivity contribution in [2.75, 3.05) is 0 Å². The molecule has 1 aromatic rings. The van der Waals surface area contributed by atoms with E-state index in [0.717, 1.165) is 36.8 Å². The van der Waals surface area contributed by atoms with Gasteiger partial charge in [-0.25, -0.2) is 4.79 Å². The van der Waals surface area contributed by atoms with Crippen LogP contribution in [0, 0.1) is 6.92 Å². The number of aryl methyl sites for hydroxylation is 1. The van der Waals surface area contributed by atoms with Crippen molar-refractivity contribution in [1.29, 1.82) is 0 Å². The predicted octanol–water partition coefficient (Wildman–Crippen LogP) is 5.03. The number of nitrogens with zero attached hydrogens (tertiary/aromatic N) is 1. The number of rotatable bonds is 8. The molecule has 3 unspecified atom stereocenters. The van der Waals surface area contributed by atoms with Crippen molar-refractivity contribution in [3.8, 4) is 0 Å². The Morgan fingerprint density at radius 2 is 1.76 bits per heavy atom. The topological polar surface area (TPSA) is 87.7 Å². The molecule has 2 N–H and O–H groups in total. The quantitative estimate of drug-likeness (QED) is 0.555. The Labute approximate surface area is 205 Å². The Balaban J connectivity index is 2.37. The molecule has 190 valence electrons. The highest BCUT2D eigenvalue weighted by atomic mass is 16.6. The number of nitrogens with one attached hydrogen (secondary N) is 2. The van der Waals surface area contributed by atoms with Crippen LogP contribution in [0.2, 0.25) is 0 Å². The van der Waals surface area contributed by atoms with Gasteiger partial charge in [0.25, 0.3) is 0 Å². The summed E-state index contributed by atoms with van der Waals surface area (Å²) in [7, 11) is 0. The molecule has 7 nitrogen and oxygen atoms in total. The Bertz CT molecular complexity index is 843. The van der Waals surface area contributed by atoms with Crippen molar-refractivity contribution in [2.45, 2.75) is 117 Å². The lowest BCUT2D eigenvalue weighted by Gasteiger charge is -2.38. The van der Waals surface area contributed by atoms with E-state index in [-0.39, 0.29) is 23.9 Å². The van der Waals surface area contributed by atoms with Crippen LogP contribution in [-0.2, 0) is 14.3 Å². The van der Waals surface area contributed by atoms with Gasteiger partial charge in [-0.05, 0) is 66.4 Å². The maximum absolute atomic E-state index is 13.7. The second-order valence-electron chi connectivity index (χ2n) is 10.5. The van der Waals surface area contributed by atoms with Gasteiger partial charge in [-0.15, -0.1) is 0 Å². The largest absolute Gasteiger partial charge is 0.444 e. The molecular weight excluding hydrogens is 430 g/mol. The molecule has 0 aromatic heterocycles. The van der Waals surface area contributed by atoms with E-state index in [4.69, 9.17) is 4.74 Å². The zero-order valence-corrected chi connectivity index (χ0v) is 21.9. The van der Waals surface area contributed by atoms with Crippen LogP contribution >= 0.6 is 0 Å². The van der Waals surface area contributed by atoms with Crippen molar-refractivity contribution in [2.24, 2.45) is 0 Å². The normalized spacial score (nSPS) is 17.3.